The second kappa shape index (κ2) is 4.14. The second-order valence-corrected chi connectivity index (χ2v) is 6.48. The van der Waals surface area contributed by atoms with Crippen LogP contribution < -0.4 is 5.73 Å². The van der Waals surface area contributed by atoms with E-state index in [4.69, 9.17) is 10.8 Å². The first-order chi connectivity index (χ1) is 8.22. The van der Waals surface area contributed by atoms with Crippen LogP contribution in [0.1, 0.15) is 0 Å². The summed E-state index contributed by atoms with van der Waals surface area (Å²) in [6, 6.07) is -0.760. The van der Waals surface area contributed by atoms with Gasteiger partial charge in [0, 0.05) is 0 Å². The molecule has 100 valence electrons. The molecule has 1 amide bonds. The van der Waals surface area contributed by atoms with E-state index in [0.717, 1.165) is 22.9 Å². The van der Waals surface area contributed by atoms with Gasteiger partial charge >= 0.3 is 16.1 Å². The normalized spacial score (nSPS) is 27.7. The summed E-state index contributed by atoms with van der Waals surface area (Å²) < 4.78 is 26.7. The molecular formula is C8H10N2O6S2. The zero-order chi connectivity index (χ0) is 13.7. The Balaban J connectivity index is 2.41. The van der Waals surface area contributed by atoms with E-state index in [0.29, 0.717) is 0 Å². The van der Waals surface area contributed by atoms with Gasteiger partial charge in [0.2, 0.25) is 5.91 Å². The molecule has 3 N–H and O–H groups in total. The molecule has 2 aliphatic heterocycles. The third-order valence-electron chi connectivity index (χ3n) is 2.43. The molecule has 0 aromatic heterocycles. The number of thioether (sulfide) groups is 1. The zero-order valence-electron chi connectivity index (χ0n) is 9.19. The van der Waals surface area contributed by atoms with Crippen LogP contribution in [0.3, 0.4) is 0 Å². The predicted molar refractivity (Wildman–Crippen MR) is 61.7 cm³/mol. The average molecular weight is 294 g/mol. The molecular weight excluding hydrogens is 284 g/mol. The SMILES string of the molecule is CS(=O)(=O)OC1=C(C(=O)O)N2C(=O)C(N)[C@@H]2SC1. The molecule has 10 heteroatoms. The summed E-state index contributed by atoms with van der Waals surface area (Å²) in [4.78, 5) is 23.6. The molecule has 2 aliphatic rings. The minimum atomic E-state index is -3.84. The van der Waals surface area contributed by atoms with Gasteiger partial charge in [-0.05, 0) is 0 Å². The molecule has 0 aliphatic carbocycles. The number of nitrogens with zero attached hydrogens (tertiary/aromatic N) is 1. The number of amides is 1. The maximum absolute atomic E-state index is 11.5. The molecule has 2 atom stereocenters. The molecule has 8 nitrogen and oxygen atoms in total. The molecule has 1 saturated heterocycles. The van der Waals surface area contributed by atoms with Crippen molar-refractivity contribution in [2.75, 3.05) is 12.0 Å². The van der Waals surface area contributed by atoms with Crippen LogP contribution >= 0.6 is 11.8 Å². The van der Waals surface area contributed by atoms with Crippen LogP contribution in [-0.4, -0.2) is 53.7 Å². The third kappa shape index (κ3) is 2.06. The highest BCUT2D eigenvalue weighted by molar-refractivity contribution is 8.00. The van der Waals surface area contributed by atoms with E-state index < -0.39 is 39.1 Å². The molecule has 0 aromatic rings. The van der Waals surface area contributed by atoms with E-state index in [2.05, 4.69) is 4.18 Å². The van der Waals surface area contributed by atoms with Gasteiger partial charge in [-0.25, -0.2) is 4.79 Å². The summed E-state index contributed by atoms with van der Waals surface area (Å²) in [7, 11) is -3.84. The summed E-state index contributed by atoms with van der Waals surface area (Å²) >= 11 is 1.16. The number of carbonyl (C=O) groups is 2. The summed E-state index contributed by atoms with van der Waals surface area (Å²) in [6.45, 7) is 0. The highest BCUT2D eigenvalue weighted by Crippen LogP contribution is 2.39. The van der Waals surface area contributed by atoms with Gasteiger partial charge in [-0.15, -0.1) is 11.8 Å². The summed E-state index contributed by atoms with van der Waals surface area (Å²) in [5, 5.41) is 8.58. The maximum atomic E-state index is 11.5. The Kier molecular flexibility index (Phi) is 3.03. The molecule has 2 heterocycles. The average Bonchev–Trinajstić information content (AvgIpc) is 2.24. The van der Waals surface area contributed by atoms with E-state index >= 15 is 0 Å². The van der Waals surface area contributed by atoms with Gasteiger partial charge in [0.25, 0.3) is 0 Å². The number of aliphatic carboxylic acids is 1. The van der Waals surface area contributed by atoms with E-state index in [-0.39, 0.29) is 11.5 Å². The molecule has 0 spiro atoms. The van der Waals surface area contributed by atoms with Gasteiger partial charge in [0.1, 0.15) is 11.4 Å². The Morgan fingerprint density at radius 2 is 2.22 bits per heavy atom. The van der Waals surface area contributed by atoms with Crippen LogP contribution in [0.15, 0.2) is 11.5 Å². The van der Waals surface area contributed by atoms with Crippen LogP contribution in [0.5, 0.6) is 0 Å². The van der Waals surface area contributed by atoms with Gasteiger partial charge in [0.05, 0.1) is 12.0 Å². The third-order valence-corrected chi connectivity index (χ3v) is 4.21. The van der Waals surface area contributed by atoms with Crippen molar-refractivity contribution in [3.8, 4) is 0 Å². The summed E-state index contributed by atoms with van der Waals surface area (Å²) in [5.74, 6) is -2.19. The smallest absolute Gasteiger partial charge is 0.356 e. The number of carboxylic acid groups (broad SMARTS) is 1. The minimum absolute atomic E-state index is 0.0385. The lowest BCUT2D eigenvalue weighted by Gasteiger charge is -2.47. The Hall–Kier alpha value is -1.26. The highest BCUT2D eigenvalue weighted by atomic mass is 32.2. The Labute approximate surface area is 107 Å². The van der Waals surface area contributed by atoms with Crippen molar-refractivity contribution in [2.45, 2.75) is 11.4 Å². The molecule has 0 aromatic carbocycles. The zero-order valence-corrected chi connectivity index (χ0v) is 10.8. The Morgan fingerprint density at radius 3 is 2.72 bits per heavy atom. The lowest BCUT2D eigenvalue weighted by Crippen LogP contribution is -2.68. The number of nitrogens with two attached hydrogens (primary N) is 1. The van der Waals surface area contributed by atoms with Gasteiger partial charge in [0.15, 0.2) is 11.5 Å². The van der Waals surface area contributed by atoms with Gasteiger partial charge in [-0.1, -0.05) is 0 Å². The number of rotatable bonds is 3. The minimum Gasteiger partial charge on any atom is -0.476 e. The molecule has 2 rings (SSSR count). The van der Waals surface area contributed by atoms with E-state index in [1.54, 1.807) is 0 Å². The first-order valence-corrected chi connectivity index (χ1v) is 7.65. The number of β-lactam (4-membered cyclic amide) rings is 1. The van der Waals surface area contributed by atoms with E-state index in [1.165, 1.54) is 0 Å². The first-order valence-electron chi connectivity index (χ1n) is 4.78. The topological polar surface area (TPSA) is 127 Å². The number of carbonyl (C=O) groups excluding carboxylic acids is 1. The van der Waals surface area contributed by atoms with Gasteiger partial charge in [-0.3, -0.25) is 9.69 Å². The fourth-order valence-electron chi connectivity index (χ4n) is 1.73. The number of fused-ring (bicyclic) bond motifs is 1. The highest BCUT2D eigenvalue weighted by Gasteiger charge is 2.52. The van der Waals surface area contributed by atoms with Crippen molar-refractivity contribution in [3.05, 3.63) is 11.5 Å². The van der Waals surface area contributed by atoms with Crippen molar-refractivity contribution in [3.63, 3.8) is 0 Å². The monoisotopic (exact) mass is 294 g/mol. The van der Waals surface area contributed by atoms with Crippen molar-refractivity contribution >= 4 is 33.8 Å². The van der Waals surface area contributed by atoms with Crippen LogP contribution in [0.2, 0.25) is 0 Å². The van der Waals surface area contributed by atoms with Gasteiger partial charge < -0.3 is 15.0 Å². The van der Waals surface area contributed by atoms with Crippen molar-refractivity contribution in [1.29, 1.82) is 0 Å². The molecule has 0 bridgehead atoms. The molecule has 0 saturated carbocycles. The summed E-state index contributed by atoms with van der Waals surface area (Å²) in [5.41, 5.74) is 5.08. The van der Waals surface area contributed by atoms with Crippen LogP contribution in [0, 0.1) is 0 Å². The quantitative estimate of drug-likeness (QED) is 0.475. The van der Waals surface area contributed by atoms with Crippen LogP contribution in [-0.2, 0) is 23.9 Å². The lowest BCUT2D eigenvalue weighted by molar-refractivity contribution is -0.148. The second-order valence-electron chi connectivity index (χ2n) is 3.80. The van der Waals surface area contributed by atoms with Crippen molar-refractivity contribution < 1.29 is 27.3 Å². The van der Waals surface area contributed by atoms with Gasteiger partial charge in [-0.2, -0.15) is 8.42 Å². The molecule has 1 fully saturated rings. The molecule has 0 radical (unpaired) electrons. The fraction of sp³-hybridized carbons (Fsp3) is 0.500. The maximum Gasteiger partial charge on any atom is 0.356 e. The molecule has 1 unspecified atom stereocenters. The molecule has 18 heavy (non-hydrogen) atoms. The van der Waals surface area contributed by atoms with Crippen LogP contribution in [0.25, 0.3) is 0 Å². The first kappa shape index (κ1) is 13.2. The van der Waals surface area contributed by atoms with E-state index in [9.17, 15) is 18.0 Å². The Bertz CT molecular complexity index is 554. The summed E-state index contributed by atoms with van der Waals surface area (Å²) in [6.07, 6.45) is 0.805. The Morgan fingerprint density at radius 1 is 1.61 bits per heavy atom. The van der Waals surface area contributed by atoms with E-state index in [1.807, 2.05) is 0 Å². The van der Waals surface area contributed by atoms with Crippen LogP contribution in [0.4, 0.5) is 0 Å². The predicted octanol–water partition coefficient (Wildman–Crippen LogP) is -1.50. The number of hydrogen-bond donors (Lipinski definition) is 2. The fourth-order valence-corrected chi connectivity index (χ4v) is 3.51. The largest absolute Gasteiger partial charge is 0.476 e. The van der Waals surface area contributed by atoms with Crippen molar-refractivity contribution in [1.82, 2.24) is 4.90 Å². The number of carboxylic acids is 1. The van der Waals surface area contributed by atoms with Crippen molar-refractivity contribution in [2.24, 2.45) is 5.73 Å². The standard InChI is InChI=1S/C8H10N2O6S2/c1-18(14,15)16-3-2-17-7-4(9)6(11)10(7)5(3)8(12)13/h4,7H,2,9H2,1H3,(H,12,13)/t4?,7-/m0/s1. The number of hydrogen-bond acceptors (Lipinski definition) is 7. The lowest BCUT2D eigenvalue weighted by atomic mass is 10.1.